The van der Waals surface area contributed by atoms with Crippen molar-refractivity contribution in [2.45, 2.75) is 0 Å². The number of hydrogen-bond donors (Lipinski definition) is 0. The molecular formula is C54H37N. The van der Waals surface area contributed by atoms with Crippen molar-refractivity contribution in [2.75, 3.05) is 4.90 Å². The maximum Gasteiger partial charge on any atom is 0.0468 e. The Labute approximate surface area is 322 Å². The topological polar surface area (TPSA) is 3.24 Å². The van der Waals surface area contributed by atoms with Crippen LogP contribution in [0.2, 0.25) is 0 Å². The molecule has 0 unspecified atom stereocenters. The molecule has 0 aromatic heterocycles. The Morgan fingerprint density at radius 2 is 0.727 bits per heavy atom. The molecule has 0 aliphatic heterocycles. The van der Waals surface area contributed by atoms with Gasteiger partial charge < -0.3 is 4.90 Å². The third-order valence-corrected chi connectivity index (χ3v) is 10.8. The highest BCUT2D eigenvalue weighted by molar-refractivity contribution is 6.09. The summed E-state index contributed by atoms with van der Waals surface area (Å²) < 4.78 is 0. The molecule has 0 saturated heterocycles. The monoisotopic (exact) mass is 699 g/mol. The van der Waals surface area contributed by atoms with Crippen LogP contribution < -0.4 is 4.90 Å². The van der Waals surface area contributed by atoms with Gasteiger partial charge in [-0.05, 0) is 125 Å². The molecule has 1 nitrogen and oxygen atoms in total. The van der Waals surface area contributed by atoms with Gasteiger partial charge in [0, 0.05) is 17.1 Å². The molecule has 1 heteroatoms. The normalized spacial score (nSPS) is 11.3. The second kappa shape index (κ2) is 14.0. The van der Waals surface area contributed by atoms with Crippen LogP contribution in [0.1, 0.15) is 0 Å². The maximum absolute atomic E-state index is 2.39. The summed E-state index contributed by atoms with van der Waals surface area (Å²) in [6, 6.07) is 81.5. The molecule has 258 valence electrons. The lowest BCUT2D eigenvalue weighted by molar-refractivity contribution is 1.29. The fraction of sp³-hybridized carbons (Fsp3) is 0. The molecule has 0 aliphatic carbocycles. The third kappa shape index (κ3) is 6.22. The Bertz CT molecular complexity index is 2960. The van der Waals surface area contributed by atoms with E-state index in [1.165, 1.54) is 76.8 Å². The van der Waals surface area contributed by atoms with E-state index in [0.29, 0.717) is 0 Å². The van der Waals surface area contributed by atoms with Crippen LogP contribution in [0.15, 0.2) is 224 Å². The molecule has 10 aromatic carbocycles. The molecular weight excluding hydrogens is 663 g/mol. The van der Waals surface area contributed by atoms with Crippen molar-refractivity contribution >= 4 is 49.4 Å². The van der Waals surface area contributed by atoms with Crippen molar-refractivity contribution in [3.05, 3.63) is 224 Å². The van der Waals surface area contributed by atoms with E-state index in [9.17, 15) is 0 Å². The Kier molecular flexibility index (Phi) is 8.24. The van der Waals surface area contributed by atoms with Gasteiger partial charge in [-0.2, -0.15) is 0 Å². The highest BCUT2D eigenvalue weighted by Gasteiger charge is 2.17. The van der Waals surface area contributed by atoms with Gasteiger partial charge in [-0.15, -0.1) is 0 Å². The van der Waals surface area contributed by atoms with Crippen LogP contribution in [0.25, 0.3) is 76.8 Å². The largest absolute Gasteiger partial charge is 0.310 e. The van der Waals surface area contributed by atoms with Gasteiger partial charge in [0.05, 0.1) is 0 Å². The van der Waals surface area contributed by atoms with E-state index in [-0.39, 0.29) is 0 Å². The van der Waals surface area contributed by atoms with E-state index >= 15 is 0 Å². The SMILES string of the molecule is c1ccc(-c2ccc(-c3cccc(N(c4ccc(-c5ccc6ccccc6c5)cc4)c4ccc5ccc6ccccc6c5c4)c3)cc2-c2ccccc2)cc1. The summed E-state index contributed by atoms with van der Waals surface area (Å²) in [6.07, 6.45) is 0. The quantitative estimate of drug-likeness (QED) is 0.150. The number of rotatable bonds is 7. The summed E-state index contributed by atoms with van der Waals surface area (Å²) in [5, 5.41) is 7.48. The smallest absolute Gasteiger partial charge is 0.0468 e. The van der Waals surface area contributed by atoms with Gasteiger partial charge in [0.15, 0.2) is 0 Å². The minimum Gasteiger partial charge on any atom is -0.310 e. The molecule has 0 aliphatic rings. The van der Waals surface area contributed by atoms with Crippen molar-refractivity contribution < 1.29 is 0 Å². The first-order valence-corrected chi connectivity index (χ1v) is 18.9. The molecule has 0 saturated carbocycles. The van der Waals surface area contributed by atoms with Crippen LogP contribution in [-0.2, 0) is 0 Å². The Morgan fingerprint density at radius 1 is 0.218 bits per heavy atom. The second-order valence-electron chi connectivity index (χ2n) is 14.2. The first-order chi connectivity index (χ1) is 27.2. The summed E-state index contributed by atoms with van der Waals surface area (Å²) in [7, 11) is 0. The Morgan fingerprint density at radius 3 is 1.51 bits per heavy atom. The summed E-state index contributed by atoms with van der Waals surface area (Å²) >= 11 is 0. The highest BCUT2D eigenvalue weighted by Crippen LogP contribution is 2.41. The zero-order chi connectivity index (χ0) is 36.6. The molecule has 0 N–H and O–H groups in total. The molecule has 0 bridgehead atoms. The Hall–Kier alpha value is -7.22. The summed E-state index contributed by atoms with van der Waals surface area (Å²) in [5.74, 6) is 0. The Balaban J connectivity index is 1.11. The lowest BCUT2D eigenvalue weighted by Crippen LogP contribution is -2.10. The molecule has 0 heterocycles. The minimum atomic E-state index is 1.10. The number of hydrogen-bond acceptors (Lipinski definition) is 1. The van der Waals surface area contributed by atoms with Crippen LogP contribution in [-0.4, -0.2) is 0 Å². The van der Waals surface area contributed by atoms with Gasteiger partial charge in [-0.25, -0.2) is 0 Å². The van der Waals surface area contributed by atoms with E-state index in [4.69, 9.17) is 0 Å². The number of nitrogens with zero attached hydrogens (tertiary/aromatic N) is 1. The first kappa shape index (κ1) is 32.4. The number of benzene rings is 10. The van der Waals surface area contributed by atoms with E-state index in [2.05, 4.69) is 229 Å². The van der Waals surface area contributed by atoms with Crippen molar-refractivity contribution in [3.63, 3.8) is 0 Å². The average Bonchev–Trinajstić information content (AvgIpc) is 3.27. The zero-order valence-electron chi connectivity index (χ0n) is 30.3. The van der Waals surface area contributed by atoms with Gasteiger partial charge in [0.2, 0.25) is 0 Å². The number of fused-ring (bicyclic) bond motifs is 4. The molecule has 0 fully saturated rings. The molecule has 10 aromatic rings. The standard InChI is InChI=1S/C54H37N/c1-3-13-40(14-4-1)52-33-29-47(36-53(52)41-15-5-2-6-16-41)45-19-11-20-49(35-45)55(50-32-28-43-24-23-42-17-9-10-21-51(42)54(43)37-50)48-30-26-39(27-31-48)46-25-22-38-12-7-8-18-44(38)34-46/h1-37H. The molecule has 0 amide bonds. The van der Waals surface area contributed by atoms with Gasteiger partial charge >= 0.3 is 0 Å². The average molecular weight is 700 g/mol. The van der Waals surface area contributed by atoms with Crippen LogP contribution in [0.5, 0.6) is 0 Å². The highest BCUT2D eigenvalue weighted by atomic mass is 15.1. The van der Waals surface area contributed by atoms with Crippen molar-refractivity contribution in [1.29, 1.82) is 0 Å². The van der Waals surface area contributed by atoms with Gasteiger partial charge in [0.25, 0.3) is 0 Å². The van der Waals surface area contributed by atoms with Crippen molar-refractivity contribution in [3.8, 4) is 44.5 Å². The summed E-state index contributed by atoms with van der Waals surface area (Å²) in [4.78, 5) is 2.39. The molecule has 55 heavy (non-hydrogen) atoms. The van der Waals surface area contributed by atoms with Crippen LogP contribution in [0.3, 0.4) is 0 Å². The van der Waals surface area contributed by atoms with Gasteiger partial charge in [-0.3, -0.25) is 0 Å². The predicted octanol–water partition coefficient (Wildman–Crippen LogP) is 15.3. The molecule has 10 rings (SSSR count). The van der Waals surface area contributed by atoms with Gasteiger partial charge in [0.1, 0.15) is 0 Å². The molecule has 0 atom stereocenters. The van der Waals surface area contributed by atoms with Crippen LogP contribution >= 0.6 is 0 Å². The van der Waals surface area contributed by atoms with Crippen LogP contribution in [0, 0.1) is 0 Å². The lowest BCUT2D eigenvalue weighted by Gasteiger charge is -2.27. The number of anilines is 3. The summed E-state index contributed by atoms with van der Waals surface area (Å²) in [5.41, 5.74) is 12.9. The van der Waals surface area contributed by atoms with E-state index < -0.39 is 0 Å². The second-order valence-corrected chi connectivity index (χ2v) is 14.2. The first-order valence-electron chi connectivity index (χ1n) is 18.9. The van der Waals surface area contributed by atoms with Crippen molar-refractivity contribution in [1.82, 2.24) is 0 Å². The van der Waals surface area contributed by atoms with Crippen LogP contribution in [0.4, 0.5) is 17.1 Å². The lowest BCUT2D eigenvalue weighted by atomic mass is 9.91. The van der Waals surface area contributed by atoms with E-state index in [1.807, 2.05) is 0 Å². The molecule has 0 radical (unpaired) electrons. The van der Waals surface area contributed by atoms with E-state index in [0.717, 1.165) is 17.1 Å². The predicted molar refractivity (Wildman–Crippen MR) is 235 cm³/mol. The minimum absolute atomic E-state index is 1.10. The maximum atomic E-state index is 2.39. The zero-order valence-corrected chi connectivity index (χ0v) is 30.3. The fourth-order valence-electron chi connectivity index (χ4n) is 8.02. The van der Waals surface area contributed by atoms with Gasteiger partial charge in [-0.1, -0.05) is 176 Å². The molecule has 0 spiro atoms. The summed E-state index contributed by atoms with van der Waals surface area (Å²) in [6.45, 7) is 0. The third-order valence-electron chi connectivity index (χ3n) is 10.8. The van der Waals surface area contributed by atoms with Crippen molar-refractivity contribution in [2.24, 2.45) is 0 Å². The van der Waals surface area contributed by atoms with E-state index in [1.54, 1.807) is 0 Å². The fourth-order valence-corrected chi connectivity index (χ4v) is 8.02.